The molecular formula is C17H26ClN3O2. The lowest BCUT2D eigenvalue weighted by molar-refractivity contribution is 0.147. The van der Waals surface area contributed by atoms with Gasteiger partial charge in [-0.05, 0) is 51.5 Å². The second-order valence-electron chi connectivity index (χ2n) is 6.01. The van der Waals surface area contributed by atoms with Crippen LogP contribution in [0.1, 0.15) is 19.3 Å². The van der Waals surface area contributed by atoms with E-state index in [9.17, 15) is 4.79 Å². The predicted octanol–water partition coefficient (Wildman–Crippen LogP) is 2.84. The van der Waals surface area contributed by atoms with Crippen LogP contribution in [0.15, 0.2) is 24.3 Å². The summed E-state index contributed by atoms with van der Waals surface area (Å²) in [6.07, 6.45) is 2.82. The monoisotopic (exact) mass is 339 g/mol. The number of carbonyl (C=O) groups is 1. The lowest BCUT2D eigenvalue weighted by atomic mass is 10.0. The molecule has 2 amide bonds. The van der Waals surface area contributed by atoms with Crippen molar-refractivity contribution < 1.29 is 9.53 Å². The Hall–Kier alpha value is -1.46. The third-order valence-corrected chi connectivity index (χ3v) is 4.56. The van der Waals surface area contributed by atoms with E-state index in [1.807, 2.05) is 30.1 Å². The molecule has 0 bridgehead atoms. The van der Waals surface area contributed by atoms with Gasteiger partial charge in [0.2, 0.25) is 0 Å². The van der Waals surface area contributed by atoms with Gasteiger partial charge >= 0.3 is 6.03 Å². The molecule has 0 atom stereocenters. The van der Waals surface area contributed by atoms with E-state index in [1.54, 1.807) is 6.07 Å². The van der Waals surface area contributed by atoms with Crippen molar-refractivity contribution in [1.82, 2.24) is 15.1 Å². The normalized spacial score (nSPS) is 16.1. The van der Waals surface area contributed by atoms with Gasteiger partial charge in [-0.25, -0.2) is 4.79 Å². The molecule has 0 aliphatic carbocycles. The fourth-order valence-electron chi connectivity index (χ4n) is 2.68. The summed E-state index contributed by atoms with van der Waals surface area (Å²) in [5.74, 6) is 0.684. The summed E-state index contributed by atoms with van der Waals surface area (Å²) in [7, 11) is 4.00. The molecule has 1 aromatic rings. The maximum atomic E-state index is 12.2. The van der Waals surface area contributed by atoms with Crippen molar-refractivity contribution in [3.8, 4) is 5.75 Å². The van der Waals surface area contributed by atoms with Gasteiger partial charge in [-0.3, -0.25) is 0 Å². The number of hydrogen-bond acceptors (Lipinski definition) is 3. The van der Waals surface area contributed by atoms with E-state index in [1.165, 1.54) is 0 Å². The van der Waals surface area contributed by atoms with Crippen LogP contribution in [-0.4, -0.2) is 62.2 Å². The first-order chi connectivity index (χ1) is 11.1. The van der Waals surface area contributed by atoms with Crippen LogP contribution in [0.3, 0.4) is 0 Å². The Kier molecular flexibility index (Phi) is 6.99. The summed E-state index contributed by atoms with van der Waals surface area (Å²) in [6, 6.07) is 7.74. The van der Waals surface area contributed by atoms with Crippen LogP contribution in [0.2, 0.25) is 5.02 Å². The van der Waals surface area contributed by atoms with Crippen LogP contribution in [0.25, 0.3) is 0 Å². The smallest absolute Gasteiger partial charge is 0.317 e. The van der Waals surface area contributed by atoms with Crippen molar-refractivity contribution in [3.05, 3.63) is 29.3 Å². The average Bonchev–Trinajstić information content (AvgIpc) is 2.56. The molecule has 2 rings (SSSR count). The van der Waals surface area contributed by atoms with Crippen molar-refractivity contribution in [2.45, 2.75) is 25.3 Å². The van der Waals surface area contributed by atoms with E-state index in [2.05, 4.69) is 17.3 Å². The van der Waals surface area contributed by atoms with E-state index < -0.39 is 0 Å². The first-order valence-electron chi connectivity index (χ1n) is 8.14. The summed E-state index contributed by atoms with van der Waals surface area (Å²) >= 11 is 6.02. The number of likely N-dealkylation sites (tertiary alicyclic amines) is 1. The van der Waals surface area contributed by atoms with E-state index in [0.29, 0.717) is 30.0 Å². The van der Waals surface area contributed by atoms with Gasteiger partial charge in [0.05, 0.1) is 11.6 Å². The molecule has 1 N–H and O–H groups in total. The number of amides is 2. The standard InChI is InChI=1S/C17H26ClN3O2/c1-20-11-8-14(9-12-20)21(2)17(22)19-10-5-13-23-16-7-4-3-6-15(16)18/h3-4,6-7,14H,5,8-13H2,1-2H3,(H,19,22). The minimum absolute atomic E-state index is 0.00250. The minimum Gasteiger partial charge on any atom is -0.492 e. The Morgan fingerprint density at radius 2 is 2.09 bits per heavy atom. The van der Waals surface area contributed by atoms with E-state index in [4.69, 9.17) is 16.3 Å². The number of piperidine rings is 1. The number of hydrogen-bond donors (Lipinski definition) is 1. The van der Waals surface area contributed by atoms with Crippen LogP contribution < -0.4 is 10.1 Å². The van der Waals surface area contributed by atoms with Crippen molar-refractivity contribution >= 4 is 17.6 Å². The molecule has 0 aromatic heterocycles. The second kappa shape index (κ2) is 8.99. The molecule has 6 heteroatoms. The topological polar surface area (TPSA) is 44.8 Å². The SMILES string of the molecule is CN1CCC(N(C)C(=O)NCCCOc2ccccc2Cl)CC1. The van der Waals surface area contributed by atoms with Crippen LogP contribution in [-0.2, 0) is 0 Å². The molecule has 0 spiro atoms. The average molecular weight is 340 g/mol. The molecule has 5 nitrogen and oxygen atoms in total. The Balaban J connectivity index is 1.62. The van der Waals surface area contributed by atoms with Gasteiger partial charge in [-0.15, -0.1) is 0 Å². The maximum Gasteiger partial charge on any atom is 0.317 e. The van der Waals surface area contributed by atoms with Crippen LogP contribution in [0, 0.1) is 0 Å². The molecular weight excluding hydrogens is 314 g/mol. The van der Waals surface area contributed by atoms with E-state index in [-0.39, 0.29) is 6.03 Å². The lowest BCUT2D eigenvalue weighted by Gasteiger charge is -2.35. The Labute approximate surface area is 143 Å². The minimum atomic E-state index is -0.00250. The highest BCUT2D eigenvalue weighted by Gasteiger charge is 2.23. The maximum absolute atomic E-state index is 12.2. The molecule has 23 heavy (non-hydrogen) atoms. The fraction of sp³-hybridized carbons (Fsp3) is 0.588. The highest BCUT2D eigenvalue weighted by Crippen LogP contribution is 2.23. The molecule has 1 aliphatic rings. The fourth-order valence-corrected chi connectivity index (χ4v) is 2.87. The zero-order valence-corrected chi connectivity index (χ0v) is 14.7. The van der Waals surface area contributed by atoms with Crippen molar-refractivity contribution in [1.29, 1.82) is 0 Å². The summed E-state index contributed by atoms with van der Waals surface area (Å²) < 4.78 is 5.60. The Bertz CT molecular complexity index is 504. The predicted molar refractivity (Wildman–Crippen MR) is 93.2 cm³/mol. The largest absolute Gasteiger partial charge is 0.492 e. The number of carbonyl (C=O) groups excluding carboxylic acids is 1. The van der Waals surface area contributed by atoms with Gasteiger partial charge < -0.3 is 19.9 Å². The highest BCUT2D eigenvalue weighted by molar-refractivity contribution is 6.32. The van der Waals surface area contributed by atoms with Gasteiger partial charge in [0.25, 0.3) is 0 Å². The number of rotatable bonds is 6. The summed E-state index contributed by atoms with van der Waals surface area (Å²) in [4.78, 5) is 16.3. The summed E-state index contributed by atoms with van der Waals surface area (Å²) in [6.45, 7) is 3.23. The molecule has 1 heterocycles. The van der Waals surface area contributed by atoms with Crippen molar-refractivity contribution in [2.24, 2.45) is 0 Å². The molecule has 1 aromatic carbocycles. The van der Waals surface area contributed by atoms with Gasteiger partial charge in [0.15, 0.2) is 0 Å². The third kappa shape index (κ3) is 5.59. The van der Waals surface area contributed by atoms with Crippen LogP contribution in [0.4, 0.5) is 4.79 Å². The molecule has 0 radical (unpaired) electrons. The van der Waals surface area contributed by atoms with Gasteiger partial charge in [0, 0.05) is 19.6 Å². The number of halogens is 1. The molecule has 1 aliphatic heterocycles. The Morgan fingerprint density at radius 1 is 1.39 bits per heavy atom. The molecule has 1 fully saturated rings. The quantitative estimate of drug-likeness (QED) is 0.811. The molecule has 0 unspecified atom stereocenters. The molecule has 128 valence electrons. The number of para-hydroxylation sites is 1. The number of nitrogens with zero attached hydrogens (tertiary/aromatic N) is 2. The number of ether oxygens (including phenoxy) is 1. The van der Waals surface area contributed by atoms with Crippen molar-refractivity contribution in [3.63, 3.8) is 0 Å². The number of urea groups is 1. The van der Waals surface area contributed by atoms with E-state index >= 15 is 0 Å². The van der Waals surface area contributed by atoms with Crippen LogP contribution >= 0.6 is 11.6 Å². The third-order valence-electron chi connectivity index (χ3n) is 4.25. The van der Waals surface area contributed by atoms with Crippen LogP contribution in [0.5, 0.6) is 5.75 Å². The molecule has 1 saturated heterocycles. The van der Waals surface area contributed by atoms with Gasteiger partial charge in [-0.2, -0.15) is 0 Å². The first-order valence-corrected chi connectivity index (χ1v) is 8.52. The summed E-state index contributed by atoms with van der Waals surface area (Å²) in [5.41, 5.74) is 0. The second-order valence-corrected chi connectivity index (χ2v) is 6.42. The lowest BCUT2D eigenvalue weighted by Crippen LogP contribution is -2.48. The number of nitrogens with one attached hydrogen (secondary N) is 1. The zero-order chi connectivity index (χ0) is 16.7. The summed E-state index contributed by atoms with van der Waals surface area (Å²) in [5, 5.41) is 3.56. The van der Waals surface area contributed by atoms with Crippen molar-refractivity contribution in [2.75, 3.05) is 40.3 Å². The first kappa shape index (κ1) is 17.9. The highest BCUT2D eigenvalue weighted by atomic mass is 35.5. The zero-order valence-electron chi connectivity index (χ0n) is 13.9. The Morgan fingerprint density at radius 3 is 2.78 bits per heavy atom. The van der Waals surface area contributed by atoms with Gasteiger partial charge in [-0.1, -0.05) is 23.7 Å². The molecule has 0 saturated carbocycles. The van der Waals surface area contributed by atoms with E-state index in [0.717, 1.165) is 32.4 Å². The van der Waals surface area contributed by atoms with Gasteiger partial charge in [0.1, 0.15) is 5.75 Å². The number of benzene rings is 1.